The summed E-state index contributed by atoms with van der Waals surface area (Å²) in [6.07, 6.45) is 1.80. The van der Waals surface area contributed by atoms with Crippen LogP contribution < -0.4 is 5.32 Å². The number of nitrogens with one attached hydrogen (secondary N) is 1. The van der Waals surface area contributed by atoms with Crippen LogP contribution in [0.3, 0.4) is 0 Å². The normalized spacial score (nSPS) is 11.0. The number of aromatic nitrogens is 3. The van der Waals surface area contributed by atoms with Crippen molar-refractivity contribution in [1.29, 1.82) is 0 Å². The Hall–Kier alpha value is -2.54. The fraction of sp³-hybridized carbons (Fsp3) is 0.235. The second-order valence-electron chi connectivity index (χ2n) is 5.73. The molecule has 7 heteroatoms. The number of carbonyl (C=O) groups excluding carboxylic acids is 1. The zero-order chi connectivity index (χ0) is 17.3. The fourth-order valence-electron chi connectivity index (χ4n) is 2.23. The molecule has 0 fully saturated rings. The highest BCUT2D eigenvalue weighted by Gasteiger charge is 2.18. The van der Waals surface area contributed by atoms with E-state index in [2.05, 4.69) is 15.4 Å². The molecule has 3 aromatic rings. The molecule has 0 unspecified atom stereocenters. The fourth-order valence-corrected chi connectivity index (χ4v) is 2.95. The first-order valence-electron chi connectivity index (χ1n) is 7.51. The van der Waals surface area contributed by atoms with Crippen LogP contribution in [0.25, 0.3) is 22.5 Å². The molecule has 1 amide bonds. The van der Waals surface area contributed by atoms with Gasteiger partial charge in [-0.3, -0.25) is 9.48 Å². The van der Waals surface area contributed by atoms with E-state index in [-0.39, 0.29) is 17.6 Å². The second kappa shape index (κ2) is 6.52. The summed E-state index contributed by atoms with van der Waals surface area (Å²) < 4.78 is 15.8. The van der Waals surface area contributed by atoms with Crippen molar-refractivity contribution < 1.29 is 9.18 Å². The van der Waals surface area contributed by atoms with Crippen LogP contribution in [0.1, 0.15) is 13.8 Å². The maximum Gasteiger partial charge on any atom is 0.228 e. The van der Waals surface area contributed by atoms with Crippen LogP contribution in [0, 0.1) is 11.7 Å². The molecule has 1 N–H and O–H groups in total. The van der Waals surface area contributed by atoms with E-state index in [1.165, 1.54) is 17.4 Å². The Morgan fingerprint density at radius 2 is 2.04 bits per heavy atom. The van der Waals surface area contributed by atoms with E-state index >= 15 is 0 Å². The highest BCUT2D eigenvalue weighted by molar-refractivity contribution is 7.14. The zero-order valence-electron chi connectivity index (χ0n) is 13.6. The molecule has 0 bridgehead atoms. The Morgan fingerprint density at radius 3 is 2.75 bits per heavy atom. The summed E-state index contributed by atoms with van der Waals surface area (Å²) in [5, 5.41) is 9.50. The van der Waals surface area contributed by atoms with Crippen molar-refractivity contribution in [3.63, 3.8) is 0 Å². The number of anilines is 1. The number of hydrogen-bond acceptors (Lipinski definition) is 4. The molecule has 0 radical (unpaired) electrons. The Labute approximate surface area is 143 Å². The third-order valence-electron chi connectivity index (χ3n) is 3.49. The first-order chi connectivity index (χ1) is 11.5. The molecular weight excluding hydrogens is 327 g/mol. The summed E-state index contributed by atoms with van der Waals surface area (Å²) in [6.45, 7) is 3.64. The molecule has 24 heavy (non-hydrogen) atoms. The van der Waals surface area contributed by atoms with Crippen LogP contribution in [0.4, 0.5) is 9.52 Å². The summed E-state index contributed by atoms with van der Waals surface area (Å²) in [5.41, 5.74) is 2.34. The third kappa shape index (κ3) is 3.21. The van der Waals surface area contributed by atoms with Gasteiger partial charge in [0.1, 0.15) is 11.5 Å². The smallest absolute Gasteiger partial charge is 0.228 e. The van der Waals surface area contributed by atoms with Gasteiger partial charge in [0.05, 0.1) is 5.69 Å². The maximum absolute atomic E-state index is 14.1. The molecule has 0 aliphatic heterocycles. The van der Waals surface area contributed by atoms with Gasteiger partial charge in [0.2, 0.25) is 5.91 Å². The second-order valence-corrected chi connectivity index (χ2v) is 6.58. The molecule has 3 rings (SSSR count). The Kier molecular flexibility index (Phi) is 4.44. The minimum atomic E-state index is -0.332. The van der Waals surface area contributed by atoms with Crippen molar-refractivity contribution in [2.24, 2.45) is 13.0 Å². The van der Waals surface area contributed by atoms with Crippen molar-refractivity contribution in [2.75, 3.05) is 5.32 Å². The lowest BCUT2D eigenvalue weighted by Crippen LogP contribution is -2.17. The minimum absolute atomic E-state index is 0.0867. The van der Waals surface area contributed by atoms with Gasteiger partial charge < -0.3 is 5.32 Å². The van der Waals surface area contributed by atoms with E-state index in [4.69, 9.17) is 0 Å². The SMILES string of the molecule is CC(C)C(=O)Nc1nc(-c2cn(C)nc2-c2ccccc2F)cs1. The van der Waals surface area contributed by atoms with Gasteiger partial charge in [-0.25, -0.2) is 9.37 Å². The van der Waals surface area contributed by atoms with Crippen LogP contribution >= 0.6 is 11.3 Å². The molecule has 2 aromatic heterocycles. The number of hydrogen-bond donors (Lipinski definition) is 1. The van der Waals surface area contributed by atoms with Gasteiger partial charge in [-0.15, -0.1) is 11.3 Å². The first kappa shape index (κ1) is 16.3. The van der Waals surface area contributed by atoms with Crippen LogP contribution in [0.2, 0.25) is 0 Å². The number of rotatable bonds is 4. The average molecular weight is 344 g/mol. The van der Waals surface area contributed by atoms with E-state index in [0.29, 0.717) is 22.1 Å². The molecule has 5 nitrogen and oxygen atoms in total. The molecule has 0 saturated carbocycles. The predicted molar refractivity (Wildman–Crippen MR) is 93.2 cm³/mol. The van der Waals surface area contributed by atoms with E-state index in [1.807, 2.05) is 19.2 Å². The largest absolute Gasteiger partial charge is 0.302 e. The topological polar surface area (TPSA) is 59.8 Å². The molecular formula is C17H17FN4OS. The monoisotopic (exact) mass is 344 g/mol. The molecule has 1 aromatic carbocycles. The number of nitrogens with zero attached hydrogens (tertiary/aromatic N) is 3. The van der Waals surface area contributed by atoms with Gasteiger partial charge in [-0.1, -0.05) is 26.0 Å². The summed E-state index contributed by atoms with van der Waals surface area (Å²) in [4.78, 5) is 16.2. The number of benzene rings is 1. The summed E-state index contributed by atoms with van der Waals surface area (Å²) in [6, 6.07) is 6.51. The van der Waals surface area contributed by atoms with E-state index in [9.17, 15) is 9.18 Å². The van der Waals surface area contributed by atoms with Crippen molar-refractivity contribution in [2.45, 2.75) is 13.8 Å². The quantitative estimate of drug-likeness (QED) is 0.780. The number of halogens is 1. The van der Waals surface area contributed by atoms with Crippen LogP contribution in [0.15, 0.2) is 35.8 Å². The highest BCUT2D eigenvalue weighted by Crippen LogP contribution is 2.33. The van der Waals surface area contributed by atoms with Gasteiger partial charge in [-0.2, -0.15) is 5.10 Å². The van der Waals surface area contributed by atoms with Gasteiger partial charge in [0, 0.05) is 35.7 Å². The molecule has 0 saturated heterocycles. The summed E-state index contributed by atoms with van der Waals surface area (Å²) >= 11 is 1.33. The lowest BCUT2D eigenvalue weighted by atomic mass is 10.1. The molecule has 124 valence electrons. The Bertz CT molecular complexity index is 884. The van der Waals surface area contributed by atoms with Crippen LogP contribution in [-0.4, -0.2) is 20.7 Å². The maximum atomic E-state index is 14.1. The molecule has 0 spiro atoms. The Morgan fingerprint density at radius 1 is 1.29 bits per heavy atom. The number of amides is 1. The lowest BCUT2D eigenvalue weighted by molar-refractivity contribution is -0.118. The van der Waals surface area contributed by atoms with Gasteiger partial charge >= 0.3 is 0 Å². The predicted octanol–water partition coefficient (Wildman–Crippen LogP) is 3.94. The van der Waals surface area contributed by atoms with E-state index in [0.717, 1.165) is 5.56 Å². The lowest BCUT2D eigenvalue weighted by Gasteiger charge is -2.03. The van der Waals surface area contributed by atoms with Crippen LogP contribution in [0.5, 0.6) is 0 Å². The van der Waals surface area contributed by atoms with Gasteiger partial charge in [-0.05, 0) is 12.1 Å². The zero-order valence-corrected chi connectivity index (χ0v) is 14.4. The Balaban J connectivity index is 1.98. The third-order valence-corrected chi connectivity index (χ3v) is 4.25. The summed E-state index contributed by atoms with van der Waals surface area (Å²) in [7, 11) is 1.78. The first-order valence-corrected chi connectivity index (χ1v) is 8.39. The molecule has 0 atom stereocenters. The van der Waals surface area contributed by atoms with Gasteiger partial charge in [0.15, 0.2) is 5.13 Å². The standard InChI is InChI=1S/C17H17FN4OS/c1-10(2)16(23)20-17-19-14(9-24-17)12-8-22(3)21-15(12)11-6-4-5-7-13(11)18/h4-10H,1-3H3,(H,19,20,23). The van der Waals surface area contributed by atoms with Gasteiger partial charge in [0.25, 0.3) is 0 Å². The average Bonchev–Trinajstić information content (AvgIpc) is 3.14. The van der Waals surface area contributed by atoms with Crippen LogP contribution in [-0.2, 0) is 11.8 Å². The minimum Gasteiger partial charge on any atom is -0.302 e. The number of carbonyl (C=O) groups is 1. The van der Waals surface area contributed by atoms with Crippen molar-refractivity contribution in [1.82, 2.24) is 14.8 Å². The van der Waals surface area contributed by atoms with Crippen molar-refractivity contribution in [3.8, 4) is 22.5 Å². The van der Waals surface area contributed by atoms with Crippen molar-refractivity contribution >= 4 is 22.4 Å². The molecule has 0 aliphatic carbocycles. The molecule has 2 heterocycles. The summed E-state index contributed by atoms with van der Waals surface area (Å²) in [5.74, 6) is -0.540. The number of thiazole rings is 1. The van der Waals surface area contributed by atoms with E-state index < -0.39 is 0 Å². The number of aryl methyl sites for hydroxylation is 1. The van der Waals surface area contributed by atoms with Crippen molar-refractivity contribution in [3.05, 3.63) is 41.7 Å². The van der Waals surface area contributed by atoms with E-state index in [1.54, 1.807) is 36.1 Å². The highest BCUT2D eigenvalue weighted by atomic mass is 32.1. The molecule has 0 aliphatic rings.